The average Bonchev–Trinajstić information content (AvgIpc) is 2.21. The molecule has 2 N–H and O–H groups in total. The minimum atomic E-state index is -4.46. The molecule has 18 heavy (non-hydrogen) atoms. The molecule has 1 unspecified atom stereocenters. The Bertz CT molecular complexity index is 281. The van der Waals surface area contributed by atoms with E-state index in [4.69, 9.17) is 5.11 Å². The normalized spacial score (nSPS) is 13.1. The highest BCUT2D eigenvalue weighted by Gasteiger charge is 2.27. The molecule has 0 aliphatic heterocycles. The molecule has 0 spiro atoms. The van der Waals surface area contributed by atoms with Crippen LogP contribution in [0.2, 0.25) is 0 Å². The van der Waals surface area contributed by atoms with Gasteiger partial charge in [-0.15, -0.1) is 0 Å². The fourth-order valence-corrected chi connectivity index (χ4v) is 1.18. The van der Waals surface area contributed by atoms with Crippen molar-refractivity contribution >= 4 is 11.9 Å². The molecule has 5 nitrogen and oxygen atoms in total. The number of amides is 1. The second-order valence-corrected chi connectivity index (χ2v) is 3.78. The molecule has 0 heterocycles. The number of nitrogens with one attached hydrogen (secondary N) is 1. The molecule has 0 aliphatic carbocycles. The van der Waals surface area contributed by atoms with Gasteiger partial charge in [-0.3, -0.25) is 9.59 Å². The Balaban J connectivity index is 3.78. The fraction of sp³-hybridized carbons (Fsp3) is 0.800. The van der Waals surface area contributed by atoms with Crippen LogP contribution in [-0.2, 0) is 14.3 Å². The molecule has 0 aromatic rings. The van der Waals surface area contributed by atoms with Gasteiger partial charge >= 0.3 is 12.1 Å². The van der Waals surface area contributed by atoms with Gasteiger partial charge < -0.3 is 15.2 Å². The van der Waals surface area contributed by atoms with E-state index in [2.05, 4.69) is 10.1 Å². The minimum absolute atomic E-state index is 0.0970. The van der Waals surface area contributed by atoms with Crippen LogP contribution in [0.1, 0.15) is 19.8 Å². The predicted octanol–water partition coefficient (Wildman–Crippen LogP) is 1.18. The van der Waals surface area contributed by atoms with E-state index >= 15 is 0 Å². The molecular weight excluding hydrogens is 255 g/mol. The standard InChI is InChI=1S/C10H16F3NO4/c1-2-7(3-9(16)17)4-14-8(15)5-18-6-10(11,12)13/h7H,2-6H2,1H3,(H,14,15)(H,16,17). The Kier molecular flexibility index (Phi) is 7.33. The topological polar surface area (TPSA) is 75.6 Å². The van der Waals surface area contributed by atoms with Gasteiger partial charge in [-0.1, -0.05) is 13.3 Å². The molecule has 0 aromatic carbocycles. The first-order valence-electron chi connectivity index (χ1n) is 5.37. The number of hydrogen-bond donors (Lipinski definition) is 2. The summed E-state index contributed by atoms with van der Waals surface area (Å²) >= 11 is 0. The Labute approximate surface area is 102 Å². The quantitative estimate of drug-likeness (QED) is 0.695. The van der Waals surface area contributed by atoms with Crippen molar-refractivity contribution in [3.63, 3.8) is 0 Å². The zero-order chi connectivity index (χ0) is 14.2. The first kappa shape index (κ1) is 16.7. The van der Waals surface area contributed by atoms with Gasteiger partial charge in [-0.2, -0.15) is 13.2 Å². The largest absolute Gasteiger partial charge is 0.481 e. The molecular formula is C10H16F3NO4. The van der Waals surface area contributed by atoms with Crippen LogP contribution in [0.4, 0.5) is 13.2 Å². The summed E-state index contributed by atoms with van der Waals surface area (Å²) in [6, 6.07) is 0. The maximum atomic E-state index is 11.7. The van der Waals surface area contributed by atoms with Crippen LogP contribution in [0.15, 0.2) is 0 Å². The number of carboxylic acid groups (broad SMARTS) is 1. The number of carboxylic acids is 1. The lowest BCUT2D eigenvalue weighted by molar-refractivity contribution is -0.175. The number of rotatable bonds is 8. The van der Waals surface area contributed by atoms with E-state index in [1.54, 1.807) is 6.92 Å². The Morgan fingerprint density at radius 3 is 2.44 bits per heavy atom. The summed E-state index contributed by atoms with van der Waals surface area (Å²) in [6.45, 7) is -0.299. The van der Waals surface area contributed by atoms with Crippen molar-refractivity contribution < 1.29 is 32.6 Å². The molecule has 0 fully saturated rings. The van der Waals surface area contributed by atoms with E-state index in [1.807, 2.05) is 0 Å². The molecule has 0 aliphatic rings. The van der Waals surface area contributed by atoms with Gasteiger partial charge in [-0.05, 0) is 5.92 Å². The molecule has 0 rings (SSSR count). The van der Waals surface area contributed by atoms with Crippen molar-refractivity contribution in [2.45, 2.75) is 25.9 Å². The zero-order valence-corrected chi connectivity index (χ0v) is 9.92. The minimum Gasteiger partial charge on any atom is -0.481 e. The summed E-state index contributed by atoms with van der Waals surface area (Å²) in [4.78, 5) is 21.5. The third-order valence-corrected chi connectivity index (χ3v) is 2.13. The molecule has 106 valence electrons. The summed E-state index contributed by atoms with van der Waals surface area (Å²) in [5.74, 6) is -1.92. The Morgan fingerprint density at radius 2 is 2.00 bits per heavy atom. The van der Waals surface area contributed by atoms with Crippen molar-refractivity contribution in [3.8, 4) is 0 Å². The Hall–Kier alpha value is -1.31. The average molecular weight is 271 g/mol. The molecule has 1 atom stereocenters. The fourth-order valence-electron chi connectivity index (χ4n) is 1.18. The van der Waals surface area contributed by atoms with Crippen LogP contribution in [0.3, 0.4) is 0 Å². The van der Waals surface area contributed by atoms with Crippen molar-refractivity contribution in [3.05, 3.63) is 0 Å². The number of carbonyl (C=O) groups excluding carboxylic acids is 1. The highest BCUT2D eigenvalue weighted by Crippen LogP contribution is 2.14. The van der Waals surface area contributed by atoms with Crippen LogP contribution >= 0.6 is 0 Å². The van der Waals surface area contributed by atoms with Crippen LogP contribution < -0.4 is 5.32 Å². The van der Waals surface area contributed by atoms with Gasteiger partial charge in [-0.25, -0.2) is 0 Å². The van der Waals surface area contributed by atoms with Crippen LogP contribution in [-0.4, -0.2) is 42.9 Å². The summed E-state index contributed by atoms with van der Waals surface area (Å²) in [5, 5.41) is 10.9. The molecule has 0 saturated heterocycles. The second-order valence-electron chi connectivity index (χ2n) is 3.78. The lowest BCUT2D eigenvalue weighted by atomic mass is 10.0. The second kappa shape index (κ2) is 7.91. The summed E-state index contributed by atoms with van der Waals surface area (Å²) in [7, 11) is 0. The Morgan fingerprint density at radius 1 is 1.39 bits per heavy atom. The van der Waals surface area contributed by atoms with Crippen molar-refractivity contribution in [1.82, 2.24) is 5.32 Å². The maximum Gasteiger partial charge on any atom is 0.411 e. The highest BCUT2D eigenvalue weighted by molar-refractivity contribution is 5.77. The zero-order valence-electron chi connectivity index (χ0n) is 9.92. The van der Waals surface area contributed by atoms with Crippen molar-refractivity contribution in [1.29, 1.82) is 0 Å². The molecule has 0 bridgehead atoms. The van der Waals surface area contributed by atoms with E-state index in [9.17, 15) is 22.8 Å². The molecule has 8 heteroatoms. The van der Waals surface area contributed by atoms with Gasteiger partial charge in [0.05, 0.1) is 0 Å². The van der Waals surface area contributed by atoms with Gasteiger partial charge in [0.2, 0.25) is 5.91 Å². The number of hydrogen-bond acceptors (Lipinski definition) is 3. The van der Waals surface area contributed by atoms with Gasteiger partial charge in [0.1, 0.15) is 13.2 Å². The molecule has 0 saturated carbocycles. The predicted molar refractivity (Wildman–Crippen MR) is 55.9 cm³/mol. The van der Waals surface area contributed by atoms with Gasteiger partial charge in [0, 0.05) is 13.0 Å². The van der Waals surface area contributed by atoms with E-state index in [1.165, 1.54) is 0 Å². The monoisotopic (exact) mass is 271 g/mol. The first-order valence-corrected chi connectivity index (χ1v) is 5.37. The van der Waals surface area contributed by atoms with E-state index in [-0.39, 0.29) is 18.9 Å². The number of alkyl halides is 3. The number of aliphatic carboxylic acids is 1. The molecule has 0 radical (unpaired) electrons. The lowest BCUT2D eigenvalue weighted by Crippen LogP contribution is -2.34. The van der Waals surface area contributed by atoms with E-state index in [0.717, 1.165) is 0 Å². The van der Waals surface area contributed by atoms with Crippen molar-refractivity contribution in [2.24, 2.45) is 5.92 Å². The highest BCUT2D eigenvalue weighted by atomic mass is 19.4. The van der Waals surface area contributed by atoms with Crippen LogP contribution in [0, 0.1) is 5.92 Å². The summed E-state index contributed by atoms with van der Waals surface area (Å²) in [5.41, 5.74) is 0. The smallest absolute Gasteiger partial charge is 0.411 e. The van der Waals surface area contributed by atoms with Gasteiger partial charge in [0.15, 0.2) is 0 Å². The maximum absolute atomic E-state index is 11.7. The van der Waals surface area contributed by atoms with Crippen LogP contribution in [0.25, 0.3) is 0 Å². The van der Waals surface area contributed by atoms with Crippen LogP contribution in [0.5, 0.6) is 0 Å². The number of carbonyl (C=O) groups is 2. The van der Waals surface area contributed by atoms with E-state index in [0.29, 0.717) is 6.42 Å². The number of halogens is 3. The molecule has 0 aromatic heterocycles. The lowest BCUT2D eigenvalue weighted by Gasteiger charge is -2.13. The summed E-state index contributed by atoms with van der Waals surface area (Å²) < 4.78 is 39.2. The third-order valence-electron chi connectivity index (χ3n) is 2.13. The molecule has 1 amide bonds. The first-order chi connectivity index (χ1) is 8.24. The third kappa shape index (κ3) is 9.88. The SMILES string of the molecule is CCC(CNC(=O)COCC(F)(F)F)CC(=O)O. The summed E-state index contributed by atoms with van der Waals surface area (Å²) in [6.07, 6.45) is -4.01. The number of ether oxygens (including phenoxy) is 1. The van der Waals surface area contributed by atoms with Gasteiger partial charge in [0.25, 0.3) is 0 Å². The van der Waals surface area contributed by atoms with Crippen molar-refractivity contribution in [2.75, 3.05) is 19.8 Å². The van der Waals surface area contributed by atoms with E-state index < -0.39 is 31.3 Å².